The zero-order valence-corrected chi connectivity index (χ0v) is 25.1. The average Bonchev–Trinajstić information content (AvgIpc) is 3.55. The minimum atomic E-state index is -1.89. The summed E-state index contributed by atoms with van der Waals surface area (Å²) in [7, 11) is 0. The van der Waals surface area contributed by atoms with E-state index < -0.39 is 17.4 Å². The third-order valence-corrected chi connectivity index (χ3v) is 9.08. The van der Waals surface area contributed by atoms with Gasteiger partial charge in [0.05, 0.1) is 31.4 Å². The Kier molecular flexibility index (Phi) is 8.20. The molecule has 0 bridgehead atoms. The van der Waals surface area contributed by atoms with Gasteiger partial charge in [-0.25, -0.2) is 4.79 Å². The van der Waals surface area contributed by atoms with Gasteiger partial charge in [-0.3, -0.25) is 14.5 Å². The van der Waals surface area contributed by atoms with Crippen LogP contribution in [-0.4, -0.2) is 58.8 Å². The van der Waals surface area contributed by atoms with Crippen LogP contribution in [0.15, 0.2) is 78.9 Å². The molecule has 0 spiro atoms. The van der Waals surface area contributed by atoms with Crippen LogP contribution >= 0.6 is 11.6 Å². The number of aliphatic hydroxyl groups excluding tert-OH is 1. The van der Waals surface area contributed by atoms with Crippen molar-refractivity contribution in [3.8, 4) is 0 Å². The van der Waals surface area contributed by atoms with E-state index in [9.17, 15) is 24.6 Å². The lowest BCUT2D eigenvalue weighted by Crippen LogP contribution is -2.46. The van der Waals surface area contributed by atoms with Crippen molar-refractivity contribution in [3.05, 3.63) is 106 Å². The highest BCUT2D eigenvalue weighted by atomic mass is 35.5. The predicted molar refractivity (Wildman–Crippen MR) is 166 cm³/mol. The first-order chi connectivity index (χ1) is 21.2. The molecule has 9 nitrogen and oxygen atoms in total. The molecule has 3 aromatic rings. The van der Waals surface area contributed by atoms with E-state index in [-0.39, 0.29) is 37.6 Å². The number of carbonyl (C=O) groups excluding carboxylic acids is 3. The zero-order chi connectivity index (χ0) is 31.0. The first-order valence-electron chi connectivity index (χ1n) is 14.7. The second-order valence-corrected chi connectivity index (χ2v) is 11.9. The Bertz CT molecular complexity index is 1630. The van der Waals surface area contributed by atoms with Crippen LogP contribution in [0.25, 0.3) is 0 Å². The Hall–Kier alpha value is -4.18. The smallest absolute Gasteiger partial charge is 0.414 e. The number of cyclic esters (lactones) is 1. The summed E-state index contributed by atoms with van der Waals surface area (Å²) in [5, 5.41) is 22.3. The molecule has 1 saturated heterocycles. The normalized spacial score (nSPS) is 21.9. The monoisotopic (exact) mass is 615 g/mol. The summed E-state index contributed by atoms with van der Waals surface area (Å²) in [4.78, 5) is 43.9. The quantitative estimate of drug-likeness (QED) is 0.360. The standard InChI is InChI=1S/C34H34ClN3O6/c1-22(5-4-8-31(40)37-20-25-7-3-2-6-24(25)17-28(37)21-39)34(43)29-18-26(35)11-14-30(29)38(32(34)41)19-23-9-12-27(13-10-23)36-15-16-44-33(36)42/h2-7,9-14,18,22,28,39,43H,8,15-17,19-21H2,1H3/b5-4+/t22-,28-,34+/m0/s1. The Morgan fingerprint density at radius 1 is 1.11 bits per heavy atom. The molecule has 10 heteroatoms. The zero-order valence-electron chi connectivity index (χ0n) is 24.4. The molecule has 3 aromatic carbocycles. The third-order valence-electron chi connectivity index (χ3n) is 8.84. The van der Waals surface area contributed by atoms with E-state index in [1.165, 1.54) is 4.90 Å². The van der Waals surface area contributed by atoms with Crippen LogP contribution in [0.3, 0.4) is 0 Å². The fraction of sp³-hybridized carbons (Fsp3) is 0.324. The number of halogens is 1. The molecule has 44 heavy (non-hydrogen) atoms. The molecule has 3 atom stereocenters. The van der Waals surface area contributed by atoms with Gasteiger partial charge in [0.2, 0.25) is 5.91 Å². The van der Waals surface area contributed by atoms with Gasteiger partial charge in [-0.1, -0.05) is 67.1 Å². The van der Waals surface area contributed by atoms with Crippen LogP contribution in [0.2, 0.25) is 5.02 Å². The molecule has 3 aliphatic heterocycles. The summed E-state index contributed by atoms with van der Waals surface area (Å²) >= 11 is 6.33. The highest BCUT2D eigenvalue weighted by Gasteiger charge is 2.52. The van der Waals surface area contributed by atoms with E-state index in [0.717, 1.165) is 16.7 Å². The van der Waals surface area contributed by atoms with Crippen molar-refractivity contribution in [3.63, 3.8) is 0 Å². The van der Waals surface area contributed by atoms with Crippen LogP contribution in [0.5, 0.6) is 0 Å². The first kappa shape index (κ1) is 29.9. The summed E-state index contributed by atoms with van der Waals surface area (Å²) in [6.07, 6.45) is 3.65. The van der Waals surface area contributed by atoms with E-state index in [4.69, 9.17) is 16.3 Å². The number of aliphatic hydroxyl groups is 2. The van der Waals surface area contributed by atoms with Crippen LogP contribution in [-0.2, 0) is 39.4 Å². The highest BCUT2D eigenvalue weighted by Crippen LogP contribution is 2.46. The van der Waals surface area contributed by atoms with Crippen LogP contribution in [0.4, 0.5) is 16.2 Å². The maximum absolute atomic E-state index is 13.9. The van der Waals surface area contributed by atoms with Crippen molar-refractivity contribution < 1.29 is 29.3 Å². The molecule has 0 unspecified atom stereocenters. The second-order valence-electron chi connectivity index (χ2n) is 11.5. The Morgan fingerprint density at radius 3 is 2.57 bits per heavy atom. The summed E-state index contributed by atoms with van der Waals surface area (Å²) < 4.78 is 5.02. The number of rotatable bonds is 8. The third kappa shape index (κ3) is 5.36. The summed E-state index contributed by atoms with van der Waals surface area (Å²) in [5.74, 6) is -1.30. The van der Waals surface area contributed by atoms with Crippen LogP contribution in [0, 0.1) is 5.92 Å². The van der Waals surface area contributed by atoms with Gasteiger partial charge in [0.25, 0.3) is 5.91 Å². The summed E-state index contributed by atoms with van der Waals surface area (Å²) in [5.41, 5.74) is 2.80. The van der Waals surface area contributed by atoms with Crippen molar-refractivity contribution in [2.45, 2.75) is 44.5 Å². The molecular formula is C34H34ClN3O6. The van der Waals surface area contributed by atoms with Crippen LogP contribution in [0.1, 0.15) is 35.6 Å². The second kappa shape index (κ2) is 12.1. The lowest BCUT2D eigenvalue weighted by molar-refractivity contribution is -0.139. The van der Waals surface area contributed by atoms with E-state index in [0.29, 0.717) is 48.1 Å². The molecule has 228 valence electrons. The Morgan fingerprint density at radius 2 is 1.86 bits per heavy atom. The lowest BCUT2D eigenvalue weighted by atomic mass is 9.83. The molecule has 3 aliphatic rings. The van der Waals surface area contributed by atoms with Crippen LogP contribution < -0.4 is 9.80 Å². The maximum atomic E-state index is 13.9. The topological polar surface area (TPSA) is 111 Å². The molecule has 0 saturated carbocycles. The number of hydrogen-bond donors (Lipinski definition) is 2. The Balaban J connectivity index is 1.18. The minimum Gasteiger partial charge on any atom is -0.447 e. The van der Waals surface area contributed by atoms with Crippen molar-refractivity contribution in [2.24, 2.45) is 5.92 Å². The van der Waals surface area contributed by atoms with Gasteiger partial charge in [0.15, 0.2) is 5.60 Å². The van der Waals surface area contributed by atoms with Gasteiger partial charge in [-0.2, -0.15) is 0 Å². The predicted octanol–water partition coefficient (Wildman–Crippen LogP) is 4.56. The van der Waals surface area contributed by atoms with Gasteiger partial charge >= 0.3 is 6.09 Å². The van der Waals surface area contributed by atoms with E-state index >= 15 is 0 Å². The van der Waals surface area contributed by atoms with Gasteiger partial charge < -0.3 is 24.7 Å². The summed E-state index contributed by atoms with van der Waals surface area (Å²) in [6.45, 7) is 3.07. The number of carbonyl (C=O) groups is 3. The fourth-order valence-corrected chi connectivity index (χ4v) is 6.51. The molecule has 3 amide bonds. The van der Waals surface area contributed by atoms with Gasteiger partial charge in [-0.15, -0.1) is 0 Å². The van der Waals surface area contributed by atoms with Gasteiger partial charge in [0, 0.05) is 35.2 Å². The molecule has 0 radical (unpaired) electrons. The Labute approximate surface area is 260 Å². The number of nitrogens with zero attached hydrogens (tertiary/aromatic N) is 3. The molecule has 6 rings (SSSR count). The molecule has 0 aliphatic carbocycles. The van der Waals surface area contributed by atoms with Gasteiger partial charge in [0.1, 0.15) is 6.61 Å². The number of anilines is 2. The number of hydrogen-bond acceptors (Lipinski definition) is 6. The van der Waals surface area contributed by atoms with E-state index in [1.54, 1.807) is 47.1 Å². The van der Waals surface area contributed by atoms with E-state index in [2.05, 4.69) is 0 Å². The molecule has 2 N–H and O–H groups in total. The van der Waals surface area contributed by atoms with Crippen molar-refractivity contribution in [1.29, 1.82) is 0 Å². The molecule has 1 fully saturated rings. The summed E-state index contributed by atoms with van der Waals surface area (Å²) in [6, 6.07) is 19.9. The minimum absolute atomic E-state index is 0.0658. The number of fused-ring (bicyclic) bond motifs is 2. The highest BCUT2D eigenvalue weighted by molar-refractivity contribution is 6.31. The number of benzene rings is 3. The lowest BCUT2D eigenvalue weighted by Gasteiger charge is -2.36. The van der Waals surface area contributed by atoms with Crippen molar-refractivity contribution in [1.82, 2.24) is 4.90 Å². The average molecular weight is 616 g/mol. The fourth-order valence-electron chi connectivity index (χ4n) is 6.34. The number of amides is 3. The van der Waals surface area contributed by atoms with Gasteiger partial charge in [-0.05, 0) is 53.4 Å². The van der Waals surface area contributed by atoms with Crippen molar-refractivity contribution in [2.75, 3.05) is 29.6 Å². The maximum Gasteiger partial charge on any atom is 0.414 e. The number of ether oxygens (including phenoxy) is 1. The molecule has 0 aromatic heterocycles. The largest absolute Gasteiger partial charge is 0.447 e. The van der Waals surface area contributed by atoms with E-state index in [1.807, 2.05) is 48.5 Å². The first-order valence-corrected chi connectivity index (χ1v) is 15.1. The molecule has 3 heterocycles. The molecular weight excluding hydrogens is 582 g/mol. The SMILES string of the molecule is C[C@@H](/C=C/CC(=O)N1Cc2ccccc2C[C@H]1CO)[C@]1(O)C(=O)N(Cc2ccc(N3CCOC3=O)cc2)c2ccc(Cl)cc21. The van der Waals surface area contributed by atoms with Crippen molar-refractivity contribution >= 4 is 40.9 Å².